The lowest BCUT2D eigenvalue weighted by Crippen LogP contribution is -2.47. The van der Waals surface area contributed by atoms with Gasteiger partial charge in [-0.25, -0.2) is 14.2 Å². The first-order valence-corrected chi connectivity index (χ1v) is 10.8. The van der Waals surface area contributed by atoms with Crippen LogP contribution in [0.15, 0.2) is 58.8 Å². The number of esters is 1. The zero-order valence-corrected chi connectivity index (χ0v) is 16.8. The molecule has 5 nitrogen and oxygen atoms in total. The first kappa shape index (κ1) is 18.3. The number of ether oxygens (including phenoxy) is 1. The summed E-state index contributed by atoms with van der Waals surface area (Å²) in [6.07, 6.45) is 0.740. The van der Waals surface area contributed by atoms with Crippen LogP contribution in [0, 0.1) is 5.82 Å². The lowest BCUT2D eigenvalue weighted by atomic mass is 10.2. The molecule has 2 aromatic carbocycles. The Bertz CT molecular complexity index is 1120. The van der Waals surface area contributed by atoms with Crippen molar-refractivity contribution in [3.8, 4) is 10.6 Å². The maximum absolute atomic E-state index is 13.1. The van der Waals surface area contributed by atoms with Gasteiger partial charge < -0.3 is 4.74 Å². The number of anilines is 1. The minimum atomic E-state index is -1.03. The second kappa shape index (κ2) is 6.96. The molecule has 2 aliphatic rings. The molecule has 0 spiro atoms. The molecule has 2 aliphatic heterocycles. The smallest absolute Gasteiger partial charge is 0.343 e. The number of nitrogens with zero attached hydrogens (tertiary/aromatic N) is 2. The van der Waals surface area contributed by atoms with Crippen LogP contribution in [0.1, 0.15) is 18.5 Å². The molecule has 29 heavy (non-hydrogen) atoms. The molecule has 0 aliphatic carbocycles. The van der Waals surface area contributed by atoms with Crippen molar-refractivity contribution in [3.63, 3.8) is 0 Å². The summed E-state index contributed by atoms with van der Waals surface area (Å²) in [4.78, 5) is 31.4. The number of thiazole rings is 1. The molecule has 146 valence electrons. The number of halogens is 1. The van der Waals surface area contributed by atoms with E-state index in [9.17, 15) is 14.0 Å². The second-order valence-electron chi connectivity index (χ2n) is 6.81. The molecule has 3 aromatic rings. The molecule has 1 aromatic heterocycles. The highest BCUT2D eigenvalue weighted by atomic mass is 32.2. The fourth-order valence-corrected chi connectivity index (χ4v) is 5.85. The van der Waals surface area contributed by atoms with Gasteiger partial charge in [0.1, 0.15) is 17.4 Å². The van der Waals surface area contributed by atoms with Gasteiger partial charge in [-0.15, -0.1) is 11.3 Å². The Kier molecular flexibility index (Phi) is 4.40. The number of para-hydroxylation sites is 1. The summed E-state index contributed by atoms with van der Waals surface area (Å²) in [5, 5.41) is 2.55. The van der Waals surface area contributed by atoms with Crippen molar-refractivity contribution in [1.82, 2.24) is 4.98 Å². The fraction of sp³-hybridized carbons (Fsp3) is 0.190. The number of hydrogen-bond acceptors (Lipinski definition) is 6. The molecule has 0 bridgehead atoms. The minimum absolute atomic E-state index is 0.0250. The van der Waals surface area contributed by atoms with Crippen molar-refractivity contribution in [1.29, 1.82) is 0 Å². The van der Waals surface area contributed by atoms with Gasteiger partial charge in [0.15, 0.2) is 4.87 Å². The van der Waals surface area contributed by atoms with E-state index in [1.165, 1.54) is 35.2 Å². The van der Waals surface area contributed by atoms with E-state index in [1.807, 2.05) is 29.6 Å². The second-order valence-corrected chi connectivity index (χ2v) is 8.99. The average Bonchev–Trinajstić information content (AvgIpc) is 3.41. The fourth-order valence-electron chi connectivity index (χ4n) is 3.62. The van der Waals surface area contributed by atoms with Gasteiger partial charge in [-0.1, -0.05) is 23.9 Å². The number of carbonyl (C=O) groups excluding carboxylic acids is 2. The predicted octanol–water partition coefficient (Wildman–Crippen LogP) is 4.62. The monoisotopic (exact) mass is 426 g/mol. The molecular formula is C21H15FN2O3S2. The van der Waals surface area contributed by atoms with E-state index in [2.05, 4.69) is 4.98 Å². The molecule has 1 atom stereocenters. The highest BCUT2D eigenvalue weighted by Gasteiger charge is 2.58. The van der Waals surface area contributed by atoms with Crippen molar-refractivity contribution in [2.24, 2.45) is 0 Å². The summed E-state index contributed by atoms with van der Waals surface area (Å²) in [7, 11) is 0. The molecule has 1 amide bonds. The summed E-state index contributed by atoms with van der Waals surface area (Å²) in [5.41, 5.74) is 2.20. The van der Waals surface area contributed by atoms with E-state index < -0.39 is 10.8 Å². The highest BCUT2D eigenvalue weighted by Crippen LogP contribution is 2.56. The number of aromatic nitrogens is 1. The number of amides is 1. The summed E-state index contributed by atoms with van der Waals surface area (Å²) in [6, 6.07) is 13.6. The van der Waals surface area contributed by atoms with Crippen molar-refractivity contribution in [2.75, 3.05) is 4.90 Å². The average molecular weight is 426 g/mol. The van der Waals surface area contributed by atoms with E-state index in [4.69, 9.17) is 4.74 Å². The summed E-state index contributed by atoms with van der Waals surface area (Å²) >= 11 is 2.79. The molecule has 1 fully saturated rings. The first-order chi connectivity index (χ1) is 14.1. The lowest BCUT2D eigenvalue weighted by Gasteiger charge is -2.28. The molecule has 1 unspecified atom stereocenters. The Morgan fingerprint density at radius 3 is 2.83 bits per heavy atom. The van der Waals surface area contributed by atoms with Gasteiger partial charge in [-0.2, -0.15) is 0 Å². The molecule has 0 radical (unpaired) electrons. The van der Waals surface area contributed by atoms with Crippen LogP contribution < -0.4 is 4.90 Å². The van der Waals surface area contributed by atoms with Crippen molar-refractivity contribution >= 4 is 40.7 Å². The van der Waals surface area contributed by atoms with Gasteiger partial charge in [-0.05, 0) is 36.4 Å². The largest absolute Gasteiger partial charge is 0.457 e. The van der Waals surface area contributed by atoms with Gasteiger partial charge in [0.25, 0.3) is 0 Å². The number of benzene rings is 2. The van der Waals surface area contributed by atoms with Gasteiger partial charge in [-0.3, -0.25) is 9.69 Å². The van der Waals surface area contributed by atoms with Crippen LogP contribution in [-0.2, 0) is 20.9 Å². The van der Waals surface area contributed by atoms with E-state index in [0.717, 1.165) is 21.2 Å². The molecule has 0 N–H and O–H groups in total. The zero-order valence-electron chi connectivity index (χ0n) is 15.1. The Hall–Kier alpha value is -2.71. The van der Waals surface area contributed by atoms with Crippen LogP contribution in [0.2, 0.25) is 0 Å². The van der Waals surface area contributed by atoms with E-state index in [-0.39, 0.29) is 18.3 Å². The number of fused-ring (bicyclic) bond motifs is 3. The lowest BCUT2D eigenvalue weighted by molar-refractivity contribution is -0.148. The summed E-state index contributed by atoms with van der Waals surface area (Å²) in [5.74, 6) is -0.794. The third kappa shape index (κ3) is 3.03. The van der Waals surface area contributed by atoms with Crippen LogP contribution in [-0.4, -0.2) is 21.7 Å². The standard InChI is InChI=1S/C21H15FN2O3S2/c22-14-7-5-13(6-8-14)19-23-15(12-28-19)11-27-20(26)21-10-9-18(25)24(21)16-3-1-2-4-17(16)29-21/h1-8,12H,9-11H2. The minimum Gasteiger partial charge on any atom is -0.457 e. The quantitative estimate of drug-likeness (QED) is 0.570. The Balaban J connectivity index is 1.33. The zero-order chi connectivity index (χ0) is 20.0. The normalized spacial score (nSPS) is 19.9. The van der Waals surface area contributed by atoms with Crippen LogP contribution in [0.25, 0.3) is 10.6 Å². The number of rotatable bonds is 4. The Labute approximate surface area is 174 Å². The SMILES string of the molecule is O=C1CCC2(C(=O)OCc3csc(-c4ccc(F)cc4)n3)Sc3ccccc3N12. The summed E-state index contributed by atoms with van der Waals surface area (Å²) in [6.45, 7) is 0.0250. The maximum Gasteiger partial charge on any atom is 0.343 e. The van der Waals surface area contributed by atoms with E-state index in [0.29, 0.717) is 18.5 Å². The Morgan fingerprint density at radius 2 is 2.00 bits per heavy atom. The van der Waals surface area contributed by atoms with Gasteiger partial charge in [0, 0.05) is 28.7 Å². The predicted molar refractivity (Wildman–Crippen MR) is 109 cm³/mol. The van der Waals surface area contributed by atoms with Crippen molar-refractivity contribution < 1.29 is 18.7 Å². The summed E-state index contributed by atoms with van der Waals surface area (Å²) < 4.78 is 18.7. The number of hydrogen-bond donors (Lipinski definition) is 0. The van der Waals surface area contributed by atoms with Crippen LogP contribution >= 0.6 is 23.1 Å². The molecule has 5 rings (SSSR count). The van der Waals surface area contributed by atoms with Gasteiger partial charge in [0.2, 0.25) is 5.91 Å². The van der Waals surface area contributed by atoms with Crippen LogP contribution in [0.5, 0.6) is 0 Å². The van der Waals surface area contributed by atoms with Gasteiger partial charge in [0.05, 0.1) is 11.4 Å². The molecule has 8 heteroatoms. The van der Waals surface area contributed by atoms with E-state index >= 15 is 0 Å². The third-order valence-electron chi connectivity index (χ3n) is 4.99. The van der Waals surface area contributed by atoms with Crippen LogP contribution in [0.4, 0.5) is 10.1 Å². The highest BCUT2D eigenvalue weighted by molar-refractivity contribution is 8.02. The maximum atomic E-state index is 13.1. The van der Waals surface area contributed by atoms with Crippen molar-refractivity contribution in [3.05, 3.63) is 65.4 Å². The topological polar surface area (TPSA) is 59.5 Å². The number of carbonyl (C=O) groups is 2. The molecular weight excluding hydrogens is 411 g/mol. The first-order valence-electron chi connectivity index (χ1n) is 9.05. The molecule has 1 saturated heterocycles. The van der Waals surface area contributed by atoms with Crippen molar-refractivity contribution in [2.45, 2.75) is 29.2 Å². The van der Waals surface area contributed by atoms with Gasteiger partial charge >= 0.3 is 5.97 Å². The molecule has 3 heterocycles. The third-order valence-corrected chi connectivity index (χ3v) is 7.38. The Morgan fingerprint density at radius 1 is 1.21 bits per heavy atom. The number of thioether (sulfide) groups is 1. The van der Waals surface area contributed by atoms with Crippen LogP contribution in [0.3, 0.4) is 0 Å². The molecule has 0 saturated carbocycles. The van der Waals surface area contributed by atoms with E-state index in [1.54, 1.807) is 17.0 Å².